The van der Waals surface area contributed by atoms with Crippen LogP contribution in [0.2, 0.25) is 0 Å². The van der Waals surface area contributed by atoms with Gasteiger partial charge in [-0.05, 0) is 42.9 Å². The van der Waals surface area contributed by atoms with Gasteiger partial charge in [0.05, 0.1) is 7.11 Å². The summed E-state index contributed by atoms with van der Waals surface area (Å²) in [5, 5.41) is 3.67. The van der Waals surface area contributed by atoms with Crippen molar-refractivity contribution < 1.29 is 4.74 Å². The lowest BCUT2D eigenvalue weighted by atomic mass is 9.64. The second-order valence-corrected chi connectivity index (χ2v) is 5.22. The molecule has 1 aliphatic carbocycles. The molecule has 2 heteroatoms. The predicted octanol–water partition coefficient (Wildman–Crippen LogP) is 3.58. The van der Waals surface area contributed by atoms with Crippen molar-refractivity contribution in [3.8, 4) is 5.75 Å². The van der Waals surface area contributed by atoms with Crippen LogP contribution in [0.5, 0.6) is 5.75 Å². The normalized spacial score (nSPS) is 26.7. The third kappa shape index (κ3) is 2.54. The summed E-state index contributed by atoms with van der Waals surface area (Å²) < 4.78 is 5.49. The molecule has 100 valence electrons. The number of nitrogens with one attached hydrogen (secondary N) is 1. The molecule has 0 aliphatic heterocycles. The van der Waals surface area contributed by atoms with Crippen molar-refractivity contribution in [3.63, 3.8) is 0 Å². The SMILES string of the molecule is CCCNC1CC(c2ccccc2OC)C1CC. The molecule has 0 saturated heterocycles. The van der Waals surface area contributed by atoms with Crippen LogP contribution in [0.25, 0.3) is 0 Å². The zero-order valence-corrected chi connectivity index (χ0v) is 11.8. The molecule has 0 amide bonds. The van der Waals surface area contributed by atoms with E-state index < -0.39 is 0 Å². The van der Waals surface area contributed by atoms with Crippen LogP contribution < -0.4 is 10.1 Å². The number of ether oxygens (including phenoxy) is 1. The molecule has 2 nitrogen and oxygen atoms in total. The van der Waals surface area contributed by atoms with Crippen molar-refractivity contribution in [2.75, 3.05) is 13.7 Å². The Morgan fingerprint density at radius 3 is 2.72 bits per heavy atom. The Balaban J connectivity index is 2.06. The van der Waals surface area contributed by atoms with Crippen LogP contribution >= 0.6 is 0 Å². The maximum absolute atomic E-state index is 5.49. The Kier molecular flexibility index (Phi) is 4.65. The summed E-state index contributed by atoms with van der Waals surface area (Å²) in [5.41, 5.74) is 1.39. The number of hydrogen-bond donors (Lipinski definition) is 1. The van der Waals surface area contributed by atoms with E-state index in [1.807, 2.05) is 0 Å². The molecule has 1 aliphatic rings. The Morgan fingerprint density at radius 2 is 2.06 bits per heavy atom. The van der Waals surface area contributed by atoms with Crippen molar-refractivity contribution >= 4 is 0 Å². The Bertz CT molecular complexity index is 377. The lowest BCUT2D eigenvalue weighted by Gasteiger charge is -2.45. The summed E-state index contributed by atoms with van der Waals surface area (Å²) in [6.45, 7) is 5.66. The molecule has 0 bridgehead atoms. The van der Waals surface area contributed by atoms with Crippen LogP contribution in [0.1, 0.15) is 44.6 Å². The summed E-state index contributed by atoms with van der Waals surface area (Å²) in [4.78, 5) is 0. The molecule has 3 unspecified atom stereocenters. The average Bonchev–Trinajstić information content (AvgIpc) is 2.38. The van der Waals surface area contributed by atoms with Crippen LogP contribution in [-0.2, 0) is 0 Å². The number of para-hydroxylation sites is 1. The second kappa shape index (κ2) is 6.24. The van der Waals surface area contributed by atoms with Gasteiger partial charge in [-0.25, -0.2) is 0 Å². The van der Waals surface area contributed by atoms with Gasteiger partial charge in [-0.1, -0.05) is 38.5 Å². The fourth-order valence-corrected chi connectivity index (χ4v) is 3.17. The molecule has 1 aromatic rings. The third-order valence-corrected chi connectivity index (χ3v) is 4.21. The highest BCUT2D eigenvalue weighted by molar-refractivity contribution is 5.38. The molecule has 1 aromatic carbocycles. The average molecular weight is 247 g/mol. The van der Waals surface area contributed by atoms with E-state index in [0.717, 1.165) is 18.2 Å². The van der Waals surface area contributed by atoms with Gasteiger partial charge >= 0.3 is 0 Å². The standard InChI is InChI=1S/C16H25NO/c1-4-10-17-15-11-14(12(15)5-2)13-8-6-7-9-16(13)18-3/h6-9,12,14-15,17H,4-5,10-11H2,1-3H3. The highest BCUT2D eigenvalue weighted by atomic mass is 16.5. The van der Waals surface area contributed by atoms with Gasteiger partial charge in [0, 0.05) is 6.04 Å². The zero-order chi connectivity index (χ0) is 13.0. The molecule has 0 heterocycles. The molecule has 18 heavy (non-hydrogen) atoms. The summed E-state index contributed by atoms with van der Waals surface area (Å²) in [6.07, 6.45) is 3.70. The zero-order valence-electron chi connectivity index (χ0n) is 11.8. The van der Waals surface area contributed by atoms with E-state index in [4.69, 9.17) is 4.74 Å². The van der Waals surface area contributed by atoms with E-state index in [2.05, 4.69) is 43.4 Å². The molecular weight excluding hydrogens is 222 g/mol. The van der Waals surface area contributed by atoms with E-state index in [9.17, 15) is 0 Å². The first-order valence-corrected chi connectivity index (χ1v) is 7.18. The van der Waals surface area contributed by atoms with E-state index in [-0.39, 0.29) is 0 Å². The van der Waals surface area contributed by atoms with Gasteiger partial charge in [-0.2, -0.15) is 0 Å². The topological polar surface area (TPSA) is 21.3 Å². The second-order valence-electron chi connectivity index (χ2n) is 5.22. The van der Waals surface area contributed by atoms with Gasteiger partial charge in [0.1, 0.15) is 5.75 Å². The summed E-state index contributed by atoms with van der Waals surface area (Å²) >= 11 is 0. The van der Waals surface area contributed by atoms with E-state index >= 15 is 0 Å². The fourth-order valence-electron chi connectivity index (χ4n) is 3.17. The maximum atomic E-state index is 5.49. The van der Waals surface area contributed by atoms with Gasteiger partial charge in [0.25, 0.3) is 0 Å². The van der Waals surface area contributed by atoms with Gasteiger partial charge in [-0.3, -0.25) is 0 Å². The minimum Gasteiger partial charge on any atom is -0.496 e. The number of methoxy groups -OCH3 is 1. The summed E-state index contributed by atoms with van der Waals surface area (Å²) in [6, 6.07) is 9.17. The minimum absolute atomic E-state index is 0.667. The summed E-state index contributed by atoms with van der Waals surface area (Å²) in [7, 11) is 1.77. The largest absolute Gasteiger partial charge is 0.496 e. The Labute approximate surface area is 111 Å². The molecular formula is C16H25NO. The Hall–Kier alpha value is -1.02. The lowest BCUT2D eigenvalue weighted by molar-refractivity contribution is 0.158. The number of hydrogen-bond acceptors (Lipinski definition) is 2. The van der Waals surface area contributed by atoms with Crippen molar-refractivity contribution in [1.82, 2.24) is 5.32 Å². The molecule has 0 radical (unpaired) electrons. The Morgan fingerprint density at radius 1 is 1.28 bits per heavy atom. The van der Waals surface area contributed by atoms with Crippen LogP contribution in [0.3, 0.4) is 0 Å². The van der Waals surface area contributed by atoms with Gasteiger partial charge < -0.3 is 10.1 Å². The predicted molar refractivity (Wildman–Crippen MR) is 76.2 cm³/mol. The van der Waals surface area contributed by atoms with Crippen molar-refractivity contribution in [2.45, 2.75) is 45.1 Å². The number of rotatable bonds is 6. The van der Waals surface area contributed by atoms with E-state index in [1.54, 1.807) is 7.11 Å². The lowest BCUT2D eigenvalue weighted by Crippen LogP contribution is -2.49. The van der Waals surface area contributed by atoms with Gasteiger partial charge in [-0.15, -0.1) is 0 Å². The first-order valence-electron chi connectivity index (χ1n) is 7.18. The van der Waals surface area contributed by atoms with Crippen molar-refractivity contribution in [2.24, 2.45) is 5.92 Å². The fraction of sp³-hybridized carbons (Fsp3) is 0.625. The maximum Gasteiger partial charge on any atom is 0.122 e. The van der Waals surface area contributed by atoms with Crippen molar-refractivity contribution in [3.05, 3.63) is 29.8 Å². The molecule has 1 fully saturated rings. The molecule has 1 saturated carbocycles. The molecule has 3 atom stereocenters. The number of benzene rings is 1. The minimum atomic E-state index is 0.667. The van der Waals surface area contributed by atoms with Gasteiger partial charge in [0.2, 0.25) is 0 Å². The monoisotopic (exact) mass is 247 g/mol. The first kappa shape index (κ1) is 13.4. The van der Waals surface area contributed by atoms with Crippen LogP contribution in [0.15, 0.2) is 24.3 Å². The van der Waals surface area contributed by atoms with Crippen LogP contribution in [0.4, 0.5) is 0 Å². The van der Waals surface area contributed by atoms with Gasteiger partial charge in [0.15, 0.2) is 0 Å². The molecule has 0 spiro atoms. The van der Waals surface area contributed by atoms with Crippen LogP contribution in [-0.4, -0.2) is 19.7 Å². The smallest absolute Gasteiger partial charge is 0.122 e. The first-order chi connectivity index (χ1) is 8.81. The summed E-state index contributed by atoms with van der Waals surface area (Å²) in [5.74, 6) is 2.48. The highest BCUT2D eigenvalue weighted by Gasteiger charge is 2.40. The van der Waals surface area contributed by atoms with E-state index in [1.165, 1.54) is 24.8 Å². The third-order valence-electron chi connectivity index (χ3n) is 4.21. The molecule has 1 N–H and O–H groups in total. The van der Waals surface area contributed by atoms with Crippen LogP contribution in [0, 0.1) is 5.92 Å². The quantitative estimate of drug-likeness (QED) is 0.829. The highest BCUT2D eigenvalue weighted by Crippen LogP contribution is 2.47. The molecule has 2 rings (SSSR count). The molecule has 0 aromatic heterocycles. The van der Waals surface area contributed by atoms with Crippen molar-refractivity contribution in [1.29, 1.82) is 0 Å². The van der Waals surface area contributed by atoms with E-state index in [0.29, 0.717) is 12.0 Å².